The molecule has 1 saturated heterocycles. The first-order valence-corrected chi connectivity index (χ1v) is 6.48. The summed E-state index contributed by atoms with van der Waals surface area (Å²) in [7, 11) is 0. The number of nitrogens with one attached hydrogen (secondary N) is 1. The molecule has 0 bridgehead atoms. The number of amides is 1. The van der Waals surface area contributed by atoms with Crippen molar-refractivity contribution in [2.45, 2.75) is 12.5 Å². The number of nitro groups is 1. The molecule has 1 heterocycles. The molecule has 0 spiro atoms. The van der Waals surface area contributed by atoms with Crippen molar-refractivity contribution in [1.29, 1.82) is 0 Å². The summed E-state index contributed by atoms with van der Waals surface area (Å²) in [5.74, 6) is -1.52. The van der Waals surface area contributed by atoms with Crippen LogP contribution in [0.3, 0.4) is 0 Å². The zero-order valence-electron chi connectivity index (χ0n) is 10.8. The van der Waals surface area contributed by atoms with Crippen LogP contribution in [0.1, 0.15) is 6.42 Å². The molecule has 0 aromatic heterocycles. The number of hydrogen-bond acceptors (Lipinski definition) is 5. The van der Waals surface area contributed by atoms with Crippen molar-refractivity contribution in [2.75, 3.05) is 18.0 Å². The van der Waals surface area contributed by atoms with Gasteiger partial charge in [-0.1, -0.05) is 11.6 Å². The van der Waals surface area contributed by atoms with E-state index < -0.39 is 22.8 Å². The number of nitro benzene ring substituents is 1. The first-order chi connectivity index (χ1) is 9.90. The molecule has 0 radical (unpaired) electrons. The third-order valence-corrected chi connectivity index (χ3v) is 3.45. The van der Waals surface area contributed by atoms with E-state index in [1.807, 2.05) is 0 Å². The second-order valence-electron chi connectivity index (χ2n) is 4.49. The van der Waals surface area contributed by atoms with Crippen LogP contribution in [-0.4, -0.2) is 41.0 Å². The SMILES string of the molecule is O=C(O)CC1C(=O)NCCN1c1ccc([N+](=O)[O-])cc1Cl. The van der Waals surface area contributed by atoms with Gasteiger partial charge in [0.15, 0.2) is 0 Å². The summed E-state index contributed by atoms with van der Waals surface area (Å²) in [4.78, 5) is 34.4. The van der Waals surface area contributed by atoms with E-state index in [0.717, 1.165) is 0 Å². The predicted octanol–water partition coefficient (Wildman–Crippen LogP) is 1.03. The van der Waals surface area contributed by atoms with Gasteiger partial charge in [0, 0.05) is 25.2 Å². The van der Waals surface area contributed by atoms with Crippen molar-refractivity contribution in [1.82, 2.24) is 5.32 Å². The normalized spacial score (nSPS) is 18.2. The van der Waals surface area contributed by atoms with Crippen LogP contribution in [-0.2, 0) is 9.59 Å². The van der Waals surface area contributed by atoms with Gasteiger partial charge in [0.05, 0.1) is 22.1 Å². The van der Waals surface area contributed by atoms with Crippen LogP contribution < -0.4 is 10.2 Å². The van der Waals surface area contributed by atoms with Crippen LogP contribution in [0.5, 0.6) is 0 Å². The Morgan fingerprint density at radius 3 is 2.86 bits per heavy atom. The van der Waals surface area contributed by atoms with E-state index in [0.29, 0.717) is 18.8 Å². The van der Waals surface area contributed by atoms with Gasteiger partial charge in [-0.3, -0.25) is 19.7 Å². The number of aliphatic carboxylic acids is 1. The van der Waals surface area contributed by atoms with Crippen molar-refractivity contribution in [3.8, 4) is 0 Å². The molecular formula is C12H12ClN3O5. The average Bonchev–Trinajstić information content (AvgIpc) is 2.41. The fraction of sp³-hybridized carbons (Fsp3) is 0.333. The summed E-state index contributed by atoms with van der Waals surface area (Å²) in [6, 6.07) is 2.98. The lowest BCUT2D eigenvalue weighted by molar-refractivity contribution is -0.384. The summed E-state index contributed by atoms with van der Waals surface area (Å²) >= 11 is 6.03. The van der Waals surface area contributed by atoms with Gasteiger partial charge in [0.25, 0.3) is 5.69 Å². The molecule has 1 aliphatic heterocycles. The van der Waals surface area contributed by atoms with Gasteiger partial charge in [-0.2, -0.15) is 0 Å². The lowest BCUT2D eigenvalue weighted by Crippen LogP contribution is -2.56. The van der Waals surface area contributed by atoms with Crippen LogP contribution in [0.2, 0.25) is 5.02 Å². The van der Waals surface area contributed by atoms with Gasteiger partial charge in [0.1, 0.15) is 6.04 Å². The number of non-ortho nitro benzene ring substituents is 1. The molecule has 1 aromatic rings. The lowest BCUT2D eigenvalue weighted by Gasteiger charge is -2.36. The standard InChI is InChI=1S/C12H12ClN3O5/c13-8-5-7(16(20)21)1-2-9(8)15-4-3-14-12(19)10(15)6-11(17)18/h1-2,5,10H,3-4,6H2,(H,14,19)(H,17,18). The van der Waals surface area contributed by atoms with Crippen molar-refractivity contribution in [3.05, 3.63) is 33.3 Å². The third kappa shape index (κ3) is 3.22. The molecule has 112 valence electrons. The van der Waals surface area contributed by atoms with Gasteiger partial charge in [-0.05, 0) is 6.07 Å². The van der Waals surface area contributed by atoms with Crippen molar-refractivity contribution < 1.29 is 19.6 Å². The van der Waals surface area contributed by atoms with E-state index in [1.54, 1.807) is 4.90 Å². The number of halogens is 1. The molecule has 9 heteroatoms. The average molecular weight is 314 g/mol. The van der Waals surface area contributed by atoms with Crippen molar-refractivity contribution in [3.63, 3.8) is 0 Å². The Hall–Kier alpha value is -2.35. The Bertz CT molecular complexity index is 607. The zero-order valence-corrected chi connectivity index (χ0v) is 11.5. The minimum Gasteiger partial charge on any atom is -0.481 e. The number of anilines is 1. The molecule has 1 fully saturated rings. The van der Waals surface area contributed by atoms with Crippen LogP contribution in [0, 0.1) is 10.1 Å². The van der Waals surface area contributed by atoms with E-state index in [2.05, 4.69) is 5.32 Å². The maximum Gasteiger partial charge on any atom is 0.305 e. The number of carboxylic acids is 1. The predicted molar refractivity (Wildman–Crippen MR) is 74.5 cm³/mol. The molecule has 1 aliphatic rings. The summed E-state index contributed by atoms with van der Waals surface area (Å²) in [6.07, 6.45) is -0.376. The second kappa shape index (κ2) is 5.96. The van der Waals surface area contributed by atoms with Crippen LogP contribution in [0.4, 0.5) is 11.4 Å². The molecule has 8 nitrogen and oxygen atoms in total. The number of carbonyl (C=O) groups excluding carboxylic acids is 1. The fourth-order valence-electron chi connectivity index (χ4n) is 2.21. The Balaban J connectivity index is 2.35. The number of nitrogens with zero attached hydrogens (tertiary/aromatic N) is 2. The highest BCUT2D eigenvalue weighted by molar-refractivity contribution is 6.33. The molecule has 1 atom stereocenters. The number of hydrogen-bond donors (Lipinski definition) is 2. The second-order valence-corrected chi connectivity index (χ2v) is 4.90. The molecule has 0 saturated carbocycles. The number of piperazine rings is 1. The molecule has 21 heavy (non-hydrogen) atoms. The summed E-state index contributed by atoms with van der Waals surface area (Å²) < 4.78 is 0. The first-order valence-electron chi connectivity index (χ1n) is 6.10. The summed E-state index contributed by atoms with van der Waals surface area (Å²) in [5.41, 5.74) is 0.239. The van der Waals surface area contributed by atoms with Gasteiger partial charge in [0.2, 0.25) is 5.91 Å². The smallest absolute Gasteiger partial charge is 0.305 e. The van der Waals surface area contributed by atoms with Crippen LogP contribution in [0.25, 0.3) is 0 Å². The maximum atomic E-state index is 11.8. The Morgan fingerprint density at radius 2 is 2.29 bits per heavy atom. The van der Waals surface area contributed by atoms with Gasteiger partial charge < -0.3 is 15.3 Å². The molecule has 1 aromatic carbocycles. The Morgan fingerprint density at radius 1 is 1.57 bits per heavy atom. The highest BCUT2D eigenvalue weighted by Gasteiger charge is 2.33. The third-order valence-electron chi connectivity index (χ3n) is 3.15. The van der Waals surface area contributed by atoms with E-state index in [1.165, 1.54) is 18.2 Å². The van der Waals surface area contributed by atoms with Gasteiger partial charge >= 0.3 is 5.97 Å². The molecule has 2 N–H and O–H groups in total. The Kier molecular flexibility index (Phi) is 4.27. The highest BCUT2D eigenvalue weighted by atomic mass is 35.5. The zero-order chi connectivity index (χ0) is 15.6. The van der Waals surface area contributed by atoms with Gasteiger partial charge in [-0.25, -0.2) is 0 Å². The van der Waals surface area contributed by atoms with Crippen molar-refractivity contribution >= 4 is 34.9 Å². The minimum absolute atomic E-state index is 0.106. The van der Waals surface area contributed by atoms with Crippen LogP contribution in [0.15, 0.2) is 18.2 Å². The van der Waals surface area contributed by atoms with E-state index in [9.17, 15) is 19.7 Å². The summed E-state index contributed by atoms with van der Waals surface area (Å²) in [6.45, 7) is 0.726. The molecule has 2 rings (SSSR count). The highest BCUT2D eigenvalue weighted by Crippen LogP contribution is 2.32. The minimum atomic E-state index is -1.11. The number of carbonyl (C=O) groups is 2. The van der Waals surface area contributed by atoms with E-state index in [4.69, 9.17) is 16.7 Å². The first kappa shape index (κ1) is 15.0. The van der Waals surface area contributed by atoms with E-state index in [-0.39, 0.29) is 17.1 Å². The largest absolute Gasteiger partial charge is 0.481 e. The molecule has 1 amide bonds. The van der Waals surface area contributed by atoms with Crippen molar-refractivity contribution in [2.24, 2.45) is 0 Å². The fourth-order valence-corrected chi connectivity index (χ4v) is 2.50. The number of carboxylic acid groups (broad SMARTS) is 1. The number of rotatable bonds is 4. The number of benzene rings is 1. The topological polar surface area (TPSA) is 113 Å². The quantitative estimate of drug-likeness (QED) is 0.634. The maximum absolute atomic E-state index is 11.8. The van der Waals surface area contributed by atoms with Gasteiger partial charge in [-0.15, -0.1) is 0 Å². The lowest BCUT2D eigenvalue weighted by atomic mass is 10.1. The summed E-state index contributed by atoms with van der Waals surface area (Å²) in [5, 5.41) is 22.3. The molecular weight excluding hydrogens is 302 g/mol. The molecule has 0 aliphatic carbocycles. The molecule has 1 unspecified atom stereocenters. The monoisotopic (exact) mass is 313 g/mol. The Labute approximate surface area is 124 Å². The van der Waals surface area contributed by atoms with E-state index >= 15 is 0 Å². The van der Waals surface area contributed by atoms with Crippen LogP contribution >= 0.6 is 11.6 Å².